The van der Waals surface area contributed by atoms with E-state index in [1.807, 2.05) is 18.2 Å². The average molecular weight is 283 g/mol. The molecule has 1 amide bonds. The second-order valence-corrected chi connectivity index (χ2v) is 5.27. The van der Waals surface area contributed by atoms with E-state index in [1.54, 1.807) is 13.2 Å². The van der Waals surface area contributed by atoms with Crippen molar-refractivity contribution in [3.8, 4) is 5.75 Å². The van der Waals surface area contributed by atoms with Gasteiger partial charge in [-0.15, -0.1) is 0 Å². The zero-order valence-corrected chi connectivity index (χ0v) is 10.7. The molecule has 0 aliphatic carbocycles. The second-order valence-electron chi connectivity index (χ2n) is 2.99. The molecule has 0 atom stereocenters. The molecule has 0 heterocycles. The number of carbonyl (C=O) groups excluding carboxylic acids is 1. The van der Waals surface area contributed by atoms with Crippen LogP contribution in [0, 0.1) is 0 Å². The van der Waals surface area contributed by atoms with Crippen LogP contribution in [0.15, 0.2) is 24.3 Å². The smallest absolute Gasteiger partial charge is 0.272 e. The molecule has 88 valence electrons. The van der Waals surface area contributed by atoms with Crippen LogP contribution < -0.4 is 10.1 Å². The summed E-state index contributed by atoms with van der Waals surface area (Å²) >= 11 is 16.2. The number of halogens is 3. The molecule has 0 unspecified atom stereocenters. The number of rotatable bonds is 3. The molecule has 1 aromatic carbocycles. The maximum atomic E-state index is 11.3. The van der Waals surface area contributed by atoms with Gasteiger partial charge in [-0.1, -0.05) is 53.0 Å². The first-order valence-corrected chi connectivity index (χ1v) is 5.55. The van der Waals surface area contributed by atoms with E-state index in [0.717, 1.165) is 5.56 Å². The minimum atomic E-state index is -1.94. The van der Waals surface area contributed by atoms with Gasteiger partial charge in [0.1, 0.15) is 5.75 Å². The fourth-order valence-electron chi connectivity index (χ4n) is 1.12. The van der Waals surface area contributed by atoms with E-state index in [4.69, 9.17) is 39.5 Å². The number of nitrogens with one attached hydrogen (secondary N) is 1. The molecule has 0 saturated carbocycles. The van der Waals surface area contributed by atoms with Gasteiger partial charge in [0.05, 0.1) is 7.11 Å². The third kappa shape index (κ3) is 3.74. The van der Waals surface area contributed by atoms with Crippen LogP contribution in [0.25, 0.3) is 0 Å². The number of hydrogen-bond acceptors (Lipinski definition) is 2. The summed E-state index contributed by atoms with van der Waals surface area (Å²) < 4.78 is 3.17. The Morgan fingerprint density at radius 3 is 2.56 bits per heavy atom. The lowest BCUT2D eigenvalue weighted by molar-refractivity contribution is -0.120. The Morgan fingerprint density at radius 1 is 1.38 bits per heavy atom. The van der Waals surface area contributed by atoms with E-state index in [0.29, 0.717) is 5.75 Å². The minimum Gasteiger partial charge on any atom is -0.496 e. The maximum absolute atomic E-state index is 11.3. The van der Waals surface area contributed by atoms with Gasteiger partial charge < -0.3 is 10.1 Å². The normalized spacial score (nSPS) is 11.0. The summed E-state index contributed by atoms with van der Waals surface area (Å²) in [6.45, 7) is 0.247. The van der Waals surface area contributed by atoms with E-state index < -0.39 is 9.70 Å². The summed E-state index contributed by atoms with van der Waals surface area (Å²) in [5, 5.41) is 2.50. The Morgan fingerprint density at radius 2 is 2.00 bits per heavy atom. The van der Waals surface area contributed by atoms with Crippen molar-refractivity contribution in [3.05, 3.63) is 29.8 Å². The van der Waals surface area contributed by atoms with Crippen LogP contribution in [0.4, 0.5) is 0 Å². The number of carbonyl (C=O) groups is 1. The molecule has 0 bridgehead atoms. The molecule has 6 heteroatoms. The number of alkyl halides is 3. The lowest BCUT2D eigenvalue weighted by Crippen LogP contribution is -2.34. The summed E-state index contributed by atoms with van der Waals surface area (Å²) in [6.07, 6.45) is 0. The van der Waals surface area contributed by atoms with Crippen LogP contribution >= 0.6 is 34.8 Å². The summed E-state index contributed by atoms with van der Waals surface area (Å²) in [6, 6.07) is 7.27. The first-order chi connectivity index (χ1) is 7.45. The van der Waals surface area contributed by atoms with Crippen molar-refractivity contribution in [2.75, 3.05) is 7.11 Å². The number of para-hydroxylation sites is 1. The quantitative estimate of drug-likeness (QED) is 0.866. The van der Waals surface area contributed by atoms with Crippen LogP contribution in [0.5, 0.6) is 5.75 Å². The molecule has 1 aromatic rings. The predicted octanol–water partition coefficient (Wildman–Crippen LogP) is 2.68. The SMILES string of the molecule is COc1ccccc1CNC(=O)C(Cl)(Cl)Cl. The van der Waals surface area contributed by atoms with Gasteiger partial charge in [0.15, 0.2) is 0 Å². The van der Waals surface area contributed by atoms with E-state index >= 15 is 0 Å². The largest absolute Gasteiger partial charge is 0.496 e. The Balaban J connectivity index is 2.65. The molecule has 0 aliphatic rings. The molecule has 1 rings (SSSR count). The molecule has 3 nitrogen and oxygen atoms in total. The van der Waals surface area contributed by atoms with Gasteiger partial charge in [-0.05, 0) is 6.07 Å². The fourth-order valence-corrected chi connectivity index (χ4v) is 1.33. The zero-order valence-electron chi connectivity index (χ0n) is 8.47. The van der Waals surface area contributed by atoms with Crippen molar-refractivity contribution in [1.82, 2.24) is 5.32 Å². The lowest BCUT2D eigenvalue weighted by atomic mass is 10.2. The van der Waals surface area contributed by atoms with Crippen molar-refractivity contribution in [2.24, 2.45) is 0 Å². The van der Waals surface area contributed by atoms with Gasteiger partial charge in [-0.3, -0.25) is 4.79 Å². The Bertz CT molecular complexity index is 377. The summed E-state index contributed by atoms with van der Waals surface area (Å²) in [4.78, 5) is 11.3. The third-order valence-electron chi connectivity index (χ3n) is 1.89. The highest BCUT2D eigenvalue weighted by atomic mass is 35.6. The monoisotopic (exact) mass is 281 g/mol. The van der Waals surface area contributed by atoms with Gasteiger partial charge in [0, 0.05) is 12.1 Å². The number of ether oxygens (including phenoxy) is 1. The number of benzene rings is 1. The number of hydrogen-bond donors (Lipinski definition) is 1. The molecule has 0 spiro atoms. The number of amides is 1. The molecule has 0 aromatic heterocycles. The van der Waals surface area contributed by atoms with E-state index in [-0.39, 0.29) is 6.54 Å². The maximum Gasteiger partial charge on any atom is 0.272 e. The first kappa shape index (κ1) is 13.4. The minimum absolute atomic E-state index is 0.247. The second kappa shape index (κ2) is 5.62. The summed E-state index contributed by atoms with van der Waals surface area (Å²) in [5.41, 5.74) is 0.813. The Labute approximate surface area is 109 Å². The van der Waals surface area contributed by atoms with Gasteiger partial charge in [0.2, 0.25) is 0 Å². The van der Waals surface area contributed by atoms with Crippen LogP contribution in [-0.2, 0) is 11.3 Å². The van der Waals surface area contributed by atoms with Crippen molar-refractivity contribution < 1.29 is 9.53 Å². The van der Waals surface area contributed by atoms with Gasteiger partial charge in [-0.25, -0.2) is 0 Å². The highest BCUT2D eigenvalue weighted by Gasteiger charge is 2.30. The Kier molecular flexibility index (Phi) is 4.71. The van der Waals surface area contributed by atoms with Crippen molar-refractivity contribution >= 4 is 40.7 Å². The van der Waals surface area contributed by atoms with Gasteiger partial charge in [-0.2, -0.15) is 0 Å². The van der Waals surface area contributed by atoms with Gasteiger partial charge >= 0.3 is 0 Å². The van der Waals surface area contributed by atoms with E-state index in [2.05, 4.69) is 5.32 Å². The van der Waals surface area contributed by atoms with Crippen LogP contribution in [0.2, 0.25) is 0 Å². The van der Waals surface area contributed by atoms with Crippen molar-refractivity contribution in [3.63, 3.8) is 0 Å². The number of methoxy groups -OCH3 is 1. The van der Waals surface area contributed by atoms with E-state index in [1.165, 1.54) is 0 Å². The average Bonchev–Trinajstić information content (AvgIpc) is 2.24. The van der Waals surface area contributed by atoms with E-state index in [9.17, 15) is 4.79 Å². The molecule has 0 aliphatic heterocycles. The van der Waals surface area contributed by atoms with Crippen molar-refractivity contribution in [2.45, 2.75) is 10.3 Å². The molecule has 16 heavy (non-hydrogen) atoms. The highest BCUT2D eigenvalue weighted by molar-refractivity contribution is 6.76. The Hall–Kier alpha value is -0.640. The van der Waals surface area contributed by atoms with Crippen LogP contribution in [0.1, 0.15) is 5.56 Å². The zero-order chi connectivity index (χ0) is 12.2. The summed E-state index contributed by atoms with van der Waals surface area (Å²) in [5.74, 6) is 0.00974. The topological polar surface area (TPSA) is 38.3 Å². The molecular formula is C10H10Cl3NO2. The van der Waals surface area contributed by atoms with Gasteiger partial charge in [0.25, 0.3) is 9.70 Å². The summed E-state index contributed by atoms with van der Waals surface area (Å²) in [7, 11) is 1.55. The lowest BCUT2D eigenvalue weighted by Gasteiger charge is -2.13. The standard InChI is InChI=1S/C10H10Cl3NO2/c1-16-8-5-3-2-4-7(8)6-14-9(15)10(11,12)13/h2-5H,6H2,1H3,(H,14,15). The molecule has 0 fully saturated rings. The molecule has 1 N–H and O–H groups in total. The van der Waals surface area contributed by atoms with Crippen LogP contribution in [-0.4, -0.2) is 16.8 Å². The van der Waals surface area contributed by atoms with Crippen LogP contribution in [0.3, 0.4) is 0 Å². The molecule has 0 saturated heterocycles. The highest BCUT2D eigenvalue weighted by Crippen LogP contribution is 2.26. The fraction of sp³-hybridized carbons (Fsp3) is 0.300. The first-order valence-electron chi connectivity index (χ1n) is 4.42. The third-order valence-corrected chi connectivity index (χ3v) is 2.40. The van der Waals surface area contributed by atoms with Crippen molar-refractivity contribution in [1.29, 1.82) is 0 Å². The molecular weight excluding hydrogens is 272 g/mol. The molecule has 0 radical (unpaired) electrons. The predicted molar refractivity (Wildman–Crippen MR) is 65.1 cm³/mol.